The molecular weight excluding hydrogens is 654 g/mol. The molecule has 0 saturated heterocycles. The Hall–Kier alpha value is -4.12. The summed E-state index contributed by atoms with van der Waals surface area (Å²) < 4.78 is 7.45. The fraction of sp³-hybridized carbons (Fsp3) is 0.467. The number of aromatic nitrogens is 4. The molecule has 1 aromatic heterocycles. The van der Waals surface area contributed by atoms with Crippen LogP contribution in [0.25, 0.3) is 0 Å². The Morgan fingerprint density at radius 2 is 1.85 bits per heavy atom. The van der Waals surface area contributed by atoms with Crippen molar-refractivity contribution < 1.29 is 33.8 Å². The van der Waals surface area contributed by atoms with Gasteiger partial charge in [0, 0.05) is 41.4 Å². The first kappa shape index (κ1) is 37.3. The second-order valence-corrected chi connectivity index (χ2v) is 12.7. The number of carbonyl (C=O) groups is 3. The van der Waals surface area contributed by atoms with Gasteiger partial charge >= 0.3 is 0 Å². The van der Waals surface area contributed by atoms with Crippen LogP contribution in [-0.2, 0) is 32.5 Å². The summed E-state index contributed by atoms with van der Waals surface area (Å²) in [7, 11) is 0. The van der Waals surface area contributed by atoms with Crippen LogP contribution in [0.5, 0.6) is 5.75 Å². The van der Waals surface area contributed by atoms with Crippen molar-refractivity contribution in [2.24, 2.45) is 5.41 Å². The molecule has 0 fully saturated rings. The number of nitrogens with zero attached hydrogens (tertiary/aromatic N) is 6. The van der Waals surface area contributed by atoms with Crippen LogP contribution >= 0.6 is 23.4 Å². The fourth-order valence-corrected chi connectivity index (χ4v) is 4.94. The molecule has 1 unspecified atom stereocenters. The second-order valence-electron chi connectivity index (χ2n) is 11.3. The third kappa shape index (κ3) is 10.7. The molecule has 15 nitrogen and oxygen atoms in total. The van der Waals surface area contributed by atoms with Crippen molar-refractivity contribution in [3.63, 3.8) is 0 Å². The first-order chi connectivity index (χ1) is 22.2. The zero-order chi connectivity index (χ0) is 34.7. The topological polar surface area (TPSA) is 181 Å². The van der Waals surface area contributed by atoms with Gasteiger partial charge in [-0.2, -0.15) is 0 Å². The maximum atomic E-state index is 13.5. The second kappa shape index (κ2) is 17.2. The van der Waals surface area contributed by atoms with E-state index >= 15 is 0 Å². The molecule has 3 aromatic rings. The van der Waals surface area contributed by atoms with E-state index in [0.717, 1.165) is 23.7 Å². The van der Waals surface area contributed by atoms with Crippen molar-refractivity contribution in [2.45, 2.75) is 72.3 Å². The highest BCUT2D eigenvalue weighted by atomic mass is 35.5. The van der Waals surface area contributed by atoms with Gasteiger partial charge in [-0.3, -0.25) is 24.5 Å². The smallest absolute Gasteiger partial charge is 0.289 e. The quantitative estimate of drug-likeness (QED) is 0.0488. The van der Waals surface area contributed by atoms with E-state index in [4.69, 9.17) is 26.1 Å². The van der Waals surface area contributed by atoms with Gasteiger partial charge in [0.1, 0.15) is 12.4 Å². The van der Waals surface area contributed by atoms with E-state index in [2.05, 4.69) is 20.8 Å². The average molecular weight is 692 g/mol. The molecule has 3 rings (SSSR count). The molecule has 0 aliphatic carbocycles. The summed E-state index contributed by atoms with van der Waals surface area (Å²) in [6, 6.07) is 8.78. The van der Waals surface area contributed by atoms with E-state index in [0.29, 0.717) is 6.61 Å². The molecule has 0 saturated carbocycles. The first-order valence-corrected chi connectivity index (χ1v) is 16.0. The molecule has 0 radical (unpaired) electrons. The van der Waals surface area contributed by atoms with Crippen LogP contribution < -0.4 is 10.1 Å². The number of carbonyl (C=O) groups excluding carboxylic acids is 3. The predicted octanol–water partition coefficient (Wildman–Crippen LogP) is 5.64. The van der Waals surface area contributed by atoms with Gasteiger partial charge in [0.15, 0.2) is 5.78 Å². The van der Waals surface area contributed by atoms with Crippen molar-refractivity contribution in [3.8, 4) is 5.75 Å². The summed E-state index contributed by atoms with van der Waals surface area (Å²) in [6.07, 6.45) is -0.867. The number of nitrogens with one attached hydrogen (secondary N) is 1. The lowest BCUT2D eigenvalue weighted by Gasteiger charge is -2.27. The largest absolute Gasteiger partial charge is 0.472 e. The number of nitro groups is 1. The molecular formula is C30H38ClN7O8S. The minimum absolute atomic E-state index is 0.00833. The molecule has 47 heavy (non-hydrogen) atoms. The van der Waals surface area contributed by atoms with Crippen LogP contribution in [0.1, 0.15) is 52.2 Å². The Labute approximate surface area is 281 Å². The molecule has 0 aliphatic rings. The van der Waals surface area contributed by atoms with Gasteiger partial charge in [-0.1, -0.05) is 45.4 Å². The number of hydrogen-bond donors (Lipinski definition) is 1. The third-order valence-corrected chi connectivity index (χ3v) is 7.77. The number of halogens is 1. The monoisotopic (exact) mass is 691 g/mol. The number of hydrogen-bond acceptors (Lipinski definition) is 12. The Morgan fingerprint density at radius 3 is 2.51 bits per heavy atom. The Bertz CT molecular complexity index is 1580. The number of anilines is 1. The molecule has 0 spiro atoms. The summed E-state index contributed by atoms with van der Waals surface area (Å²) in [5.41, 5.74) is 0.0423. The van der Waals surface area contributed by atoms with Crippen LogP contribution in [0, 0.1) is 22.5 Å². The van der Waals surface area contributed by atoms with Crippen LogP contribution in [0.15, 0.2) is 41.6 Å². The summed E-state index contributed by atoms with van der Waals surface area (Å²) in [5, 5.41) is 25.8. The van der Waals surface area contributed by atoms with Crippen molar-refractivity contribution in [1.29, 1.82) is 0 Å². The Kier molecular flexibility index (Phi) is 13.6. The summed E-state index contributed by atoms with van der Waals surface area (Å²) in [4.78, 5) is 63.0. The normalized spacial score (nSPS) is 12.0. The molecule has 2 aromatic carbocycles. The predicted molar refractivity (Wildman–Crippen MR) is 174 cm³/mol. The maximum Gasteiger partial charge on any atom is 0.289 e. The van der Waals surface area contributed by atoms with Crippen LogP contribution in [0.4, 0.5) is 16.2 Å². The number of rotatable bonds is 16. The van der Waals surface area contributed by atoms with Gasteiger partial charge in [0.25, 0.3) is 16.8 Å². The number of benzene rings is 2. The van der Waals surface area contributed by atoms with Gasteiger partial charge in [-0.25, -0.2) is 14.5 Å². The number of aryl methyl sites for hydroxylation is 1. The molecule has 17 heteroatoms. The van der Waals surface area contributed by atoms with Gasteiger partial charge < -0.3 is 15.0 Å². The zero-order valence-corrected chi connectivity index (χ0v) is 28.6. The Balaban J connectivity index is 1.88. The van der Waals surface area contributed by atoms with E-state index in [1.165, 1.54) is 27.8 Å². The van der Waals surface area contributed by atoms with Crippen molar-refractivity contribution in [1.82, 2.24) is 25.1 Å². The van der Waals surface area contributed by atoms with Crippen molar-refractivity contribution in [3.05, 3.63) is 62.7 Å². The van der Waals surface area contributed by atoms with Crippen molar-refractivity contribution >= 4 is 51.7 Å². The highest BCUT2D eigenvalue weighted by molar-refractivity contribution is 8.13. The van der Waals surface area contributed by atoms with Crippen LogP contribution in [0.3, 0.4) is 0 Å². The molecule has 254 valence electrons. The van der Waals surface area contributed by atoms with Gasteiger partial charge in [0.2, 0.25) is 11.3 Å². The summed E-state index contributed by atoms with van der Waals surface area (Å²) in [5.74, 6) is -1.32. The number of ketones is 1. The lowest BCUT2D eigenvalue weighted by atomic mass is 9.87. The lowest BCUT2D eigenvalue weighted by molar-refractivity contribution is -0.385. The average Bonchev–Trinajstić information content (AvgIpc) is 3.46. The lowest BCUT2D eigenvalue weighted by Crippen LogP contribution is -2.45. The molecule has 1 N–H and O–H groups in total. The number of Topliss-reactive ketones (excluding diaryl/α,β-unsaturated/α-hetero) is 1. The summed E-state index contributed by atoms with van der Waals surface area (Å²) in [6.45, 7) is 11.3. The fourth-order valence-electron chi connectivity index (χ4n) is 3.99. The standard InChI is InChI=1S/C30H38ClN7O8S/c1-7-14-44-45-15-13-37-28(33-34-35-37)47-29(41)36(8-2)18-20-17-21(38(42)43)10-12-24(20)46-25(26(39)30(4,5)6)27(40)32-23-16-19(3)9-11-22(23)31/h9-12,16-17,25H,7-8,13-15,18H2,1-6H3,(H,32,40). The van der Waals surface area contributed by atoms with E-state index in [-0.39, 0.29) is 59.1 Å². The molecule has 0 bridgehead atoms. The number of thioether (sulfide) groups is 1. The van der Waals surface area contributed by atoms with Crippen LogP contribution in [0.2, 0.25) is 5.02 Å². The van der Waals surface area contributed by atoms with Crippen LogP contribution in [-0.4, -0.2) is 72.8 Å². The molecule has 1 heterocycles. The SMILES string of the molecule is CCCOOCCn1nnnc1SC(=O)N(CC)Cc1cc([N+](=O)[O-])ccc1OC(C(=O)Nc1cc(C)ccc1Cl)C(=O)C(C)(C)C. The van der Waals surface area contributed by atoms with E-state index in [1.54, 1.807) is 45.9 Å². The van der Waals surface area contributed by atoms with Gasteiger partial charge in [-0.05, 0) is 54.5 Å². The third-order valence-electron chi connectivity index (χ3n) is 6.53. The summed E-state index contributed by atoms with van der Waals surface area (Å²) >= 11 is 7.04. The highest BCUT2D eigenvalue weighted by Crippen LogP contribution is 2.31. The van der Waals surface area contributed by atoms with Crippen molar-refractivity contribution in [2.75, 3.05) is 25.1 Å². The number of ether oxygens (including phenoxy) is 1. The molecule has 2 amide bonds. The molecule has 0 aliphatic heterocycles. The number of amides is 2. The maximum absolute atomic E-state index is 13.5. The minimum atomic E-state index is -1.65. The number of non-ortho nitro benzene ring substituents is 1. The number of tetrazole rings is 1. The Morgan fingerprint density at radius 1 is 1.13 bits per heavy atom. The highest BCUT2D eigenvalue weighted by Gasteiger charge is 2.37. The molecule has 1 atom stereocenters. The van der Waals surface area contributed by atoms with E-state index in [1.807, 2.05) is 13.8 Å². The minimum Gasteiger partial charge on any atom is -0.472 e. The van der Waals surface area contributed by atoms with E-state index < -0.39 is 33.4 Å². The first-order valence-electron chi connectivity index (χ1n) is 14.8. The van der Waals surface area contributed by atoms with Gasteiger partial charge in [-0.15, -0.1) is 5.10 Å². The zero-order valence-electron chi connectivity index (χ0n) is 27.0. The van der Waals surface area contributed by atoms with E-state index in [9.17, 15) is 24.5 Å². The number of nitro benzene ring substituents is 1. The van der Waals surface area contributed by atoms with Gasteiger partial charge in [0.05, 0.1) is 35.3 Å².